The van der Waals surface area contributed by atoms with Crippen LogP contribution in [0.5, 0.6) is 11.5 Å². The van der Waals surface area contributed by atoms with Crippen molar-refractivity contribution in [3.8, 4) is 23.5 Å². The summed E-state index contributed by atoms with van der Waals surface area (Å²) >= 11 is 0. The summed E-state index contributed by atoms with van der Waals surface area (Å²) in [7, 11) is 1.48. The first-order valence-electron chi connectivity index (χ1n) is 34.2. The summed E-state index contributed by atoms with van der Waals surface area (Å²) in [5, 5.41) is 54.3. The number of rotatable bonds is 9. The molecule has 6 fully saturated rings. The van der Waals surface area contributed by atoms with E-state index in [0.717, 1.165) is 107 Å². The minimum atomic E-state index is -0.542. The van der Waals surface area contributed by atoms with Gasteiger partial charge in [0.15, 0.2) is 17.3 Å². The number of aliphatic imine (C=N–C) groups is 1. The molecule has 90 heavy (non-hydrogen) atoms. The highest BCUT2D eigenvalue weighted by Gasteiger charge is 2.71. The Morgan fingerprint density at radius 1 is 0.922 bits per heavy atom. The number of ether oxygens (including phenoxy) is 1. The molecule has 0 aromatic heterocycles. The topological polar surface area (TPSA) is 229 Å². The number of fused-ring (bicyclic) bond motifs is 3. The van der Waals surface area contributed by atoms with Gasteiger partial charge in [-0.05, 0) is 254 Å². The predicted molar refractivity (Wildman–Crippen MR) is 353 cm³/mol. The van der Waals surface area contributed by atoms with Gasteiger partial charge >= 0.3 is 0 Å². The fraction of sp³-hybridized carbons (Fsp3) is 0.539. The number of piperidine rings is 1. The second-order valence-corrected chi connectivity index (χ2v) is 29.1. The van der Waals surface area contributed by atoms with Crippen LogP contribution in [-0.2, 0) is 35.3 Å². The van der Waals surface area contributed by atoms with E-state index in [1.807, 2.05) is 12.3 Å². The van der Waals surface area contributed by atoms with Gasteiger partial charge in [0.05, 0.1) is 38.4 Å². The predicted octanol–water partition coefficient (Wildman–Crippen LogP) is 8.57. The molecule has 0 radical (unpaired) electrons. The normalized spacial score (nSPS) is 36.4. The minimum absolute atomic E-state index is 0.0197. The molecule has 1 spiro atoms. The first-order chi connectivity index (χ1) is 43.8. The van der Waals surface area contributed by atoms with Gasteiger partial charge in [0.2, 0.25) is 5.96 Å². The number of phenolic OH excluding ortho intramolecular Hbond substituents is 1. The van der Waals surface area contributed by atoms with E-state index in [1.165, 1.54) is 48.3 Å². The van der Waals surface area contributed by atoms with Crippen molar-refractivity contribution in [1.82, 2.24) is 26.6 Å². The molecule has 8 bridgehead atoms. The lowest BCUT2D eigenvalue weighted by atomic mass is 9.50. The molecular formula is C76H94N8O6. The van der Waals surface area contributed by atoms with Crippen LogP contribution >= 0.6 is 0 Å². The van der Waals surface area contributed by atoms with Crippen LogP contribution in [0.15, 0.2) is 137 Å². The standard InChI is InChI=1S/C76H94N8O6/c1-90-67-37-61-52(34-66(67)89)31-54-43-82-70(77)38-62(54)49(28-47-12-5-11-46(27-47)18-17-45-9-3-2-4-10-45)13-7-25-81-74(78)83-56-32-50-21-23-76-68-20-19-48(29-57(86)36-58(87)33-55(61)44-85)39-75(68,40-64-59-22-26-79-42-53(59)30-51-14-8-24-80-72(51)64)41-69(76)84-73-60(15-6-16-65(73)88)63(35-56)71(50)76/h2-6,8-12,14-15,27,33-34,37-38,43,48-51,53,56,59,64-65,68-73,79-80,82,84-85,88-89H,13,16-24,26,28-32,35-36,39-42,44,77H2,1H3,(H3,78,81,83). The smallest absolute Gasteiger partial charge is 0.202 e. The number of aryl methyl sites for hydroxylation is 2. The summed E-state index contributed by atoms with van der Waals surface area (Å²) in [4.78, 5) is 34.1. The monoisotopic (exact) mass is 1210 g/mol. The van der Waals surface area contributed by atoms with Gasteiger partial charge in [0.25, 0.3) is 0 Å². The van der Waals surface area contributed by atoms with E-state index in [2.05, 4.69) is 117 Å². The number of hydrogen-bond donors (Lipinski definition) is 10. The molecule has 5 saturated carbocycles. The van der Waals surface area contributed by atoms with Crippen LogP contribution in [0, 0.1) is 76.1 Å². The number of benzene rings is 3. The second-order valence-electron chi connectivity index (χ2n) is 29.1. The maximum atomic E-state index is 14.8. The van der Waals surface area contributed by atoms with E-state index < -0.39 is 18.9 Å². The molecule has 474 valence electrons. The summed E-state index contributed by atoms with van der Waals surface area (Å²) in [6.45, 7) is 2.54. The van der Waals surface area contributed by atoms with Gasteiger partial charge in [-0.1, -0.05) is 90.4 Å². The van der Waals surface area contributed by atoms with Gasteiger partial charge in [-0.2, -0.15) is 4.99 Å². The van der Waals surface area contributed by atoms with Crippen molar-refractivity contribution in [2.75, 3.05) is 33.4 Å². The number of aliphatic hydroxyl groups excluding tert-OH is 2. The Kier molecular flexibility index (Phi) is 17.5. The maximum Gasteiger partial charge on any atom is 0.202 e. The highest BCUT2D eigenvalue weighted by molar-refractivity contribution is 6.08. The Morgan fingerprint density at radius 2 is 1.78 bits per heavy atom. The van der Waals surface area contributed by atoms with Gasteiger partial charge in [-0.15, -0.1) is 0 Å². The van der Waals surface area contributed by atoms with Gasteiger partial charge in [-0.25, -0.2) is 0 Å². The number of carbonyl (C=O) groups excluding carboxylic acids is 2. The molecule has 14 aliphatic rings. The lowest BCUT2D eigenvalue weighted by molar-refractivity contribution is -0.126. The SMILES string of the molecule is COc1cc2c(cc1O)CC1=CNC(N)C=C1C(Cc1cccc(CCc3ccccc3)c1)CC#CN=C(N)NC1CC3=C4C=CCC(O)C4NC4CC5(CC6C7CCNCC7CC7C=CCNC76)CC(CCC5C45CCC(C1)C35)CC(=O)CC(=O)C=C2CO. The van der Waals surface area contributed by atoms with Gasteiger partial charge in [-0.3, -0.25) is 9.59 Å². The third-order valence-corrected chi connectivity index (χ3v) is 24.1. The fourth-order valence-electron chi connectivity index (χ4n) is 20.8. The van der Waals surface area contributed by atoms with E-state index in [4.69, 9.17) is 21.2 Å². The first kappa shape index (κ1) is 61.0. The molecular weight excluding hydrogens is 1120 g/mol. The highest BCUT2D eigenvalue weighted by atomic mass is 16.5. The molecule has 0 amide bonds. The van der Waals surface area contributed by atoms with Crippen LogP contribution in [0.25, 0.3) is 5.57 Å². The summed E-state index contributed by atoms with van der Waals surface area (Å²) in [6, 6.07) is 26.3. The lowest BCUT2D eigenvalue weighted by Gasteiger charge is -2.56. The summed E-state index contributed by atoms with van der Waals surface area (Å²) in [6.07, 6.45) is 29.2. The number of carbonyl (C=O) groups is 2. The summed E-state index contributed by atoms with van der Waals surface area (Å²) in [5.41, 5.74) is 23.5. The van der Waals surface area contributed by atoms with Crippen molar-refractivity contribution in [3.05, 3.63) is 159 Å². The molecule has 14 heteroatoms. The van der Waals surface area contributed by atoms with Crippen LogP contribution in [0.1, 0.15) is 124 Å². The lowest BCUT2D eigenvalue weighted by Crippen LogP contribution is -2.57. The van der Waals surface area contributed by atoms with Crippen molar-refractivity contribution in [2.45, 2.75) is 158 Å². The molecule has 8 heterocycles. The first-order valence-corrected chi connectivity index (χ1v) is 34.2. The van der Waals surface area contributed by atoms with E-state index in [1.54, 1.807) is 12.1 Å². The number of Topliss-reactive ketones (excluding diaryl/α,β-unsaturated/α-hetero) is 1. The molecule has 8 aliphatic heterocycles. The van der Waals surface area contributed by atoms with Crippen LogP contribution < -0.4 is 42.8 Å². The van der Waals surface area contributed by atoms with Crippen LogP contribution in [0.2, 0.25) is 0 Å². The molecule has 17 unspecified atom stereocenters. The Balaban J connectivity index is 0.843. The number of phenols is 1. The number of nitrogens with two attached hydrogens (primary N) is 2. The molecule has 3 aromatic carbocycles. The summed E-state index contributed by atoms with van der Waals surface area (Å²) in [5.74, 6) is 6.88. The molecule has 6 aliphatic carbocycles. The van der Waals surface area contributed by atoms with E-state index >= 15 is 0 Å². The minimum Gasteiger partial charge on any atom is -0.504 e. The van der Waals surface area contributed by atoms with Gasteiger partial charge in [0, 0.05) is 49.8 Å². The number of aromatic hydroxyl groups is 1. The second kappa shape index (κ2) is 25.8. The quantitative estimate of drug-likeness (QED) is 0.0551. The van der Waals surface area contributed by atoms with Crippen LogP contribution in [0.3, 0.4) is 0 Å². The molecule has 17 atom stereocenters. The number of dihydropyridines is 1. The number of nitrogens with one attached hydrogen (secondary N) is 5. The zero-order valence-electron chi connectivity index (χ0n) is 52.5. The van der Waals surface area contributed by atoms with E-state index in [9.17, 15) is 24.9 Å². The average molecular weight is 1220 g/mol. The molecule has 1 saturated heterocycles. The summed E-state index contributed by atoms with van der Waals surface area (Å²) < 4.78 is 5.67. The zero-order chi connectivity index (χ0) is 61.7. The largest absolute Gasteiger partial charge is 0.504 e. The number of allylic oxidation sites excluding steroid dienone is 3. The van der Waals surface area contributed by atoms with E-state index in [0.29, 0.717) is 102 Å². The van der Waals surface area contributed by atoms with Crippen molar-refractivity contribution in [2.24, 2.45) is 80.6 Å². The van der Waals surface area contributed by atoms with Crippen molar-refractivity contribution >= 4 is 23.1 Å². The zero-order valence-corrected chi connectivity index (χ0v) is 52.5. The van der Waals surface area contributed by atoms with Crippen LogP contribution in [-0.4, -0.2) is 103 Å². The third-order valence-electron chi connectivity index (χ3n) is 24.1. The number of methoxy groups -OCH3 is 1. The Labute approximate surface area is 532 Å². The number of aliphatic hydroxyl groups is 2. The van der Waals surface area contributed by atoms with Crippen molar-refractivity contribution in [3.63, 3.8) is 0 Å². The number of ketones is 2. The van der Waals surface area contributed by atoms with Gasteiger partial charge < -0.3 is 58.1 Å². The molecule has 12 N–H and O–H groups in total. The highest BCUT2D eigenvalue weighted by Crippen LogP contribution is 2.75. The molecule has 17 rings (SSSR count). The maximum absolute atomic E-state index is 14.8. The molecule has 3 aromatic rings. The molecule has 14 nitrogen and oxygen atoms in total. The fourth-order valence-corrected chi connectivity index (χ4v) is 20.8. The van der Waals surface area contributed by atoms with Crippen molar-refractivity contribution in [1.29, 1.82) is 0 Å². The Hall–Kier alpha value is -6.57. The van der Waals surface area contributed by atoms with E-state index in [-0.39, 0.29) is 70.3 Å². The average Bonchev–Trinajstić information content (AvgIpc) is 1.51. The number of guanidine groups is 1. The third kappa shape index (κ3) is 11.9. The van der Waals surface area contributed by atoms with Crippen molar-refractivity contribution < 1.29 is 29.6 Å². The van der Waals surface area contributed by atoms with Crippen LogP contribution in [0.4, 0.5) is 0 Å². The Bertz CT molecular complexity index is 3520. The Morgan fingerprint density at radius 3 is 2.64 bits per heavy atom. The number of nitrogens with zero attached hydrogens (tertiary/aromatic N) is 1. The number of hydrogen-bond acceptors (Lipinski definition) is 14. The van der Waals surface area contributed by atoms with Gasteiger partial charge in [0.1, 0.15) is 5.78 Å².